The van der Waals surface area contributed by atoms with Crippen molar-refractivity contribution < 1.29 is 14.6 Å². The van der Waals surface area contributed by atoms with Gasteiger partial charge in [0, 0.05) is 0 Å². The molecule has 0 unspecified atom stereocenters. The zero-order valence-corrected chi connectivity index (χ0v) is 5.18. The van der Waals surface area contributed by atoms with Gasteiger partial charge in [0.15, 0.2) is 5.90 Å². The minimum absolute atomic E-state index is 0.190. The first-order chi connectivity index (χ1) is 4.16. The van der Waals surface area contributed by atoms with Crippen molar-refractivity contribution in [2.75, 3.05) is 6.61 Å². The van der Waals surface area contributed by atoms with Crippen LogP contribution in [-0.2, 0) is 9.53 Å². The van der Waals surface area contributed by atoms with Gasteiger partial charge in [-0.2, -0.15) is 0 Å². The first-order valence-corrected chi connectivity index (χ1v) is 2.58. The highest BCUT2D eigenvalue weighted by Gasteiger charge is 2.01. The van der Waals surface area contributed by atoms with Crippen molar-refractivity contribution in [2.45, 2.75) is 13.3 Å². The van der Waals surface area contributed by atoms with Gasteiger partial charge in [-0.1, -0.05) is 0 Å². The van der Waals surface area contributed by atoms with E-state index < -0.39 is 5.97 Å². The Hall–Kier alpha value is -1.06. The molecule has 0 aromatic carbocycles. The lowest BCUT2D eigenvalue weighted by atomic mass is 10.4. The van der Waals surface area contributed by atoms with E-state index in [-0.39, 0.29) is 12.3 Å². The normalized spacial score (nSPS) is 8.56. The number of aliphatic carboxylic acids is 1. The van der Waals surface area contributed by atoms with Crippen LogP contribution >= 0.6 is 0 Å². The standard InChI is InChI=1S/C5H9NO3/c1-2-9-4(6)3-5(7)8/h6H,2-3H2,1H3,(H,7,8). The lowest BCUT2D eigenvalue weighted by molar-refractivity contribution is -0.135. The minimum Gasteiger partial charge on any atom is -0.481 e. The molecule has 2 N–H and O–H groups in total. The summed E-state index contributed by atoms with van der Waals surface area (Å²) in [6, 6.07) is 0. The van der Waals surface area contributed by atoms with Crippen molar-refractivity contribution >= 4 is 11.9 Å². The molecule has 0 rings (SSSR count). The fraction of sp³-hybridized carbons (Fsp3) is 0.600. The van der Waals surface area contributed by atoms with Gasteiger partial charge in [0.25, 0.3) is 0 Å². The van der Waals surface area contributed by atoms with Crippen molar-refractivity contribution in [1.29, 1.82) is 5.41 Å². The van der Waals surface area contributed by atoms with E-state index in [2.05, 4.69) is 4.74 Å². The molecule has 0 amide bonds. The van der Waals surface area contributed by atoms with Crippen molar-refractivity contribution in [1.82, 2.24) is 0 Å². The lowest BCUT2D eigenvalue weighted by Crippen LogP contribution is -2.08. The molecule has 0 aliphatic heterocycles. The highest BCUT2D eigenvalue weighted by atomic mass is 16.5. The molecule has 0 bridgehead atoms. The van der Waals surface area contributed by atoms with E-state index >= 15 is 0 Å². The number of carboxylic acids is 1. The van der Waals surface area contributed by atoms with Gasteiger partial charge in [-0.05, 0) is 6.92 Å². The van der Waals surface area contributed by atoms with E-state index in [4.69, 9.17) is 10.5 Å². The number of carbonyl (C=O) groups is 1. The first-order valence-electron chi connectivity index (χ1n) is 2.58. The van der Waals surface area contributed by atoms with Crippen LogP contribution < -0.4 is 0 Å². The van der Waals surface area contributed by atoms with Gasteiger partial charge in [-0.25, -0.2) is 0 Å². The summed E-state index contributed by atoms with van der Waals surface area (Å²) >= 11 is 0. The maximum absolute atomic E-state index is 9.86. The Morgan fingerprint density at radius 3 is 2.67 bits per heavy atom. The third-order valence-electron chi connectivity index (χ3n) is 0.630. The largest absolute Gasteiger partial charge is 0.481 e. The molecular weight excluding hydrogens is 122 g/mol. The molecule has 0 saturated heterocycles. The summed E-state index contributed by atoms with van der Waals surface area (Å²) in [5.41, 5.74) is 0. The van der Waals surface area contributed by atoms with Crippen LogP contribution in [-0.4, -0.2) is 23.6 Å². The molecule has 0 spiro atoms. The summed E-state index contributed by atoms with van der Waals surface area (Å²) in [5, 5.41) is 14.9. The number of rotatable bonds is 3. The predicted octanol–water partition coefficient (Wildman–Crippen LogP) is 0.475. The molecule has 0 atom stereocenters. The van der Waals surface area contributed by atoms with Crippen LogP contribution in [0.4, 0.5) is 0 Å². The average Bonchev–Trinajstić information content (AvgIpc) is 1.63. The Kier molecular flexibility index (Phi) is 3.43. The highest BCUT2D eigenvalue weighted by Crippen LogP contribution is 1.85. The SMILES string of the molecule is CCOC(=N)CC(=O)O. The molecule has 0 saturated carbocycles. The maximum Gasteiger partial charge on any atom is 0.312 e. The molecule has 4 nitrogen and oxygen atoms in total. The number of nitrogens with one attached hydrogen (secondary N) is 1. The Bertz CT molecular complexity index is 121. The predicted molar refractivity (Wildman–Crippen MR) is 31.6 cm³/mol. The monoisotopic (exact) mass is 131 g/mol. The average molecular weight is 131 g/mol. The second kappa shape index (κ2) is 3.88. The van der Waals surface area contributed by atoms with Crippen LogP contribution in [0.2, 0.25) is 0 Å². The van der Waals surface area contributed by atoms with Gasteiger partial charge in [-0.3, -0.25) is 10.2 Å². The van der Waals surface area contributed by atoms with Gasteiger partial charge in [0.05, 0.1) is 6.61 Å². The summed E-state index contributed by atoms with van der Waals surface area (Å²) < 4.78 is 4.56. The van der Waals surface area contributed by atoms with Crippen LogP contribution in [0, 0.1) is 5.41 Å². The van der Waals surface area contributed by atoms with E-state index in [1.807, 2.05) is 0 Å². The van der Waals surface area contributed by atoms with Crippen molar-refractivity contribution in [3.05, 3.63) is 0 Å². The molecule has 0 aliphatic rings. The van der Waals surface area contributed by atoms with E-state index in [1.54, 1.807) is 6.92 Å². The van der Waals surface area contributed by atoms with E-state index in [0.29, 0.717) is 6.61 Å². The van der Waals surface area contributed by atoms with E-state index in [1.165, 1.54) is 0 Å². The smallest absolute Gasteiger partial charge is 0.312 e. The fourth-order valence-electron chi connectivity index (χ4n) is 0.363. The molecule has 0 aromatic heterocycles. The van der Waals surface area contributed by atoms with Gasteiger partial charge < -0.3 is 9.84 Å². The number of hydrogen-bond acceptors (Lipinski definition) is 3. The maximum atomic E-state index is 9.86. The molecule has 0 heterocycles. The molecule has 0 radical (unpaired) electrons. The lowest BCUT2D eigenvalue weighted by Gasteiger charge is -1.99. The molecule has 0 aromatic rings. The molecule has 4 heteroatoms. The van der Waals surface area contributed by atoms with Crippen LogP contribution in [0.1, 0.15) is 13.3 Å². The molecule has 0 aliphatic carbocycles. The highest BCUT2D eigenvalue weighted by molar-refractivity contribution is 5.91. The number of carboxylic acid groups (broad SMARTS) is 1. The van der Waals surface area contributed by atoms with Crippen LogP contribution in [0.15, 0.2) is 0 Å². The third kappa shape index (κ3) is 4.80. The third-order valence-corrected chi connectivity index (χ3v) is 0.630. The van der Waals surface area contributed by atoms with Crippen molar-refractivity contribution in [3.8, 4) is 0 Å². The zero-order valence-electron chi connectivity index (χ0n) is 5.18. The van der Waals surface area contributed by atoms with E-state index in [0.717, 1.165) is 0 Å². The number of hydrogen-bond donors (Lipinski definition) is 2. The van der Waals surface area contributed by atoms with Gasteiger partial charge in [-0.15, -0.1) is 0 Å². The van der Waals surface area contributed by atoms with Crippen LogP contribution in [0.3, 0.4) is 0 Å². The van der Waals surface area contributed by atoms with E-state index in [9.17, 15) is 4.79 Å². The molecule has 0 fully saturated rings. The first kappa shape index (κ1) is 7.94. The Balaban J connectivity index is 3.39. The molecule has 9 heavy (non-hydrogen) atoms. The summed E-state index contributed by atoms with van der Waals surface area (Å²) in [4.78, 5) is 9.86. The quantitative estimate of drug-likeness (QED) is 0.432. The Labute approximate surface area is 53.0 Å². The molecule has 52 valence electrons. The van der Waals surface area contributed by atoms with Crippen LogP contribution in [0.5, 0.6) is 0 Å². The number of ether oxygens (including phenoxy) is 1. The summed E-state index contributed by atoms with van der Waals surface area (Å²) in [5.74, 6) is -1.22. The van der Waals surface area contributed by atoms with Gasteiger partial charge >= 0.3 is 5.97 Å². The zero-order chi connectivity index (χ0) is 7.28. The Morgan fingerprint density at radius 2 is 2.33 bits per heavy atom. The summed E-state index contributed by atoms with van der Waals surface area (Å²) in [6.07, 6.45) is -0.326. The topological polar surface area (TPSA) is 70.4 Å². The summed E-state index contributed by atoms with van der Waals surface area (Å²) in [7, 11) is 0. The molecular formula is C5H9NO3. The van der Waals surface area contributed by atoms with Gasteiger partial charge in [0.1, 0.15) is 6.42 Å². The summed E-state index contributed by atoms with van der Waals surface area (Å²) in [6.45, 7) is 2.06. The van der Waals surface area contributed by atoms with Crippen molar-refractivity contribution in [2.24, 2.45) is 0 Å². The van der Waals surface area contributed by atoms with Gasteiger partial charge in [0.2, 0.25) is 0 Å². The Morgan fingerprint density at radius 1 is 1.78 bits per heavy atom. The second-order valence-corrected chi connectivity index (χ2v) is 1.43. The minimum atomic E-state index is -1.03. The fourth-order valence-corrected chi connectivity index (χ4v) is 0.363. The van der Waals surface area contributed by atoms with Crippen molar-refractivity contribution in [3.63, 3.8) is 0 Å². The van der Waals surface area contributed by atoms with Crippen LogP contribution in [0.25, 0.3) is 0 Å². The second-order valence-electron chi connectivity index (χ2n) is 1.43.